The average molecular weight is 296 g/mol. The summed E-state index contributed by atoms with van der Waals surface area (Å²) in [6.45, 7) is 2.30. The molecule has 0 aromatic heterocycles. The highest BCUT2D eigenvalue weighted by Gasteiger charge is 2.42. The minimum atomic E-state index is -0.871. The second-order valence-corrected chi connectivity index (χ2v) is 6.48. The normalized spacial score (nSPS) is 26.6. The standard InChI is InChI=1S/C15H24N2O4/c1-15(14(20)21)7-8-17(10-15)12(18)9-16-13(19)11-5-3-2-4-6-11/h11H,2-10H2,1H3,(H,16,19)(H,20,21). The van der Waals surface area contributed by atoms with E-state index in [1.807, 2.05) is 0 Å². The second kappa shape index (κ2) is 6.45. The first-order valence-electron chi connectivity index (χ1n) is 7.71. The molecule has 0 spiro atoms. The van der Waals surface area contributed by atoms with E-state index >= 15 is 0 Å². The molecule has 0 aromatic rings. The van der Waals surface area contributed by atoms with Crippen LogP contribution in [0, 0.1) is 11.3 Å². The van der Waals surface area contributed by atoms with E-state index in [2.05, 4.69) is 5.32 Å². The maximum absolute atomic E-state index is 12.1. The van der Waals surface area contributed by atoms with E-state index in [-0.39, 0.29) is 30.8 Å². The van der Waals surface area contributed by atoms with Crippen molar-refractivity contribution in [1.29, 1.82) is 0 Å². The molecule has 2 N–H and O–H groups in total. The maximum atomic E-state index is 12.1. The highest BCUT2D eigenvalue weighted by Crippen LogP contribution is 2.30. The Labute approximate surface area is 124 Å². The molecule has 1 unspecified atom stereocenters. The number of likely N-dealkylation sites (tertiary alicyclic amines) is 1. The van der Waals surface area contributed by atoms with Gasteiger partial charge in [-0.3, -0.25) is 14.4 Å². The molecule has 0 radical (unpaired) electrons. The summed E-state index contributed by atoms with van der Waals surface area (Å²) in [7, 11) is 0. The molecule has 1 saturated carbocycles. The number of carbonyl (C=O) groups is 3. The summed E-state index contributed by atoms with van der Waals surface area (Å²) in [5, 5.41) is 11.9. The van der Waals surface area contributed by atoms with Gasteiger partial charge in [0.1, 0.15) is 0 Å². The number of aliphatic carboxylic acids is 1. The van der Waals surface area contributed by atoms with Gasteiger partial charge in [0, 0.05) is 19.0 Å². The van der Waals surface area contributed by atoms with Crippen LogP contribution in [0.2, 0.25) is 0 Å². The van der Waals surface area contributed by atoms with Gasteiger partial charge in [-0.05, 0) is 26.2 Å². The highest BCUT2D eigenvalue weighted by atomic mass is 16.4. The molecule has 2 amide bonds. The number of hydrogen-bond acceptors (Lipinski definition) is 3. The van der Waals surface area contributed by atoms with Crippen LogP contribution in [0.25, 0.3) is 0 Å². The van der Waals surface area contributed by atoms with Gasteiger partial charge in [0.05, 0.1) is 12.0 Å². The quantitative estimate of drug-likeness (QED) is 0.810. The van der Waals surface area contributed by atoms with Gasteiger partial charge in [-0.1, -0.05) is 19.3 Å². The number of rotatable bonds is 4. The third kappa shape index (κ3) is 3.74. The first-order valence-corrected chi connectivity index (χ1v) is 7.71. The fraction of sp³-hybridized carbons (Fsp3) is 0.800. The zero-order chi connectivity index (χ0) is 15.5. The van der Waals surface area contributed by atoms with Crippen LogP contribution in [0.15, 0.2) is 0 Å². The van der Waals surface area contributed by atoms with Crippen LogP contribution in [0.3, 0.4) is 0 Å². The summed E-state index contributed by atoms with van der Waals surface area (Å²) in [5.74, 6) is -1.06. The lowest BCUT2D eigenvalue weighted by molar-refractivity contribution is -0.147. The van der Waals surface area contributed by atoms with Gasteiger partial charge in [0.15, 0.2) is 0 Å². The van der Waals surface area contributed by atoms with Gasteiger partial charge in [0.2, 0.25) is 11.8 Å². The lowest BCUT2D eigenvalue weighted by Crippen LogP contribution is -2.42. The van der Waals surface area contributed by atoms with Gasteiger partial charge in [-0.25, -0.2) is 0 Å². The monoisotopic (exact) mass is 296 g/mol. The van der Waals surface area contributed by atoms with Crippen LogP contribution in [-0.2, 0) is 14.4 Å². The maximum Gasteiger partial charge on any atom is 0.311 e. The van der Waals surface area contributed by atoms with Crippen LogP contribution in [0.5, 0.6) is 0 Å². The molecule has 2 fully saturated rings. The van der Waals surface area contributed by atoms with Gasteiger partial charge >= 0.3 is 5.97 Å². The average Bonchev–Trinajstić information content (AvgIpc) is 2.89. The Morgan fingerprint density at radius 1 is 1.24 bits per heavy atom. The third-order valence-electron chi connectivity index (χ3n) is 4.73. The predicted molar refractivity (Wildman–Crippen MR) is 76.5 cm³/mol. The lowest BCUT2D eigenvalue weighted by atomic mass is 9.89. The number of nitrogens with one attached hydrogen (secondary N) is 1. The fourth-order valence-electron chi connectivity index (χ4n) is 3.13. The van der Waals surface area contributed by atoms with E-state index in [0.717, 1.165) is 25.7 Å². The Kier molecular flexibility index (Phi) is 4.85. The molecule has 6 nitrogen and oxygen atoms in total. The van der Waals surface area contributed by atoms with Crippen molar-refractivity contribution < 1.29 is 19.5 Å². The zero-order valence-corrected chi connectivity index (χ0v) is 12.6. The third-order valence-corrected chi connectivity index (χ3v) is 4.73. The number of nitrogens with zero attached hydrogens (tertiary/aromatic N) is 1. The summed E-state index contributed by atoms with van der Waals surface area (Å²) < 4.78 is 0. The molecule has 2 rings (SSSR count). The molecule has 1 atom stereocenters. The highest BCUT2D eigenvalue weighted by molar-refractivity contribution is 5.86. The van der Waals surface area contributed by atoms with Gasteiger partial charge < -0.3 is 15.3 Å². The van der Waals surface area contributed by atoms with Crippen LogP contribution >= 0.6 is 0 Å². The van der Waals surface area contributed by atoms with Crippen LogP contribution < -0.4 is 5.32 Å². The molecular formula is C15H24N2O4. The first kappa shape index (κ1) is 15.8. The molecular weight excluding hydrogens is 272 g/mol. The summed E-state index contributed by atoms with van der Waals surface area (Å²) in [4.78, 5) is 36.7. The van der Waals surface area contributed by atoms with E-state index in [0.29, 0.717) is 13.0 Å². The molecule has 1 aliphatic heterocycles. The summed E-state index contributed by atoms with van der Waals surface area (Å²) >= 11 is 0. The molecule has 1 saturated heterocycles. The van der Waals surface area contributed by atoms with Crippen molar-refractivity contribution in [2.45, 2.75) is 45.4 Å². The number of amides is 2. The molecule has 118 valence electrons. The van der Waals surface area contributed by atoms with E-state index in [1.165, 1.54) is 11.3 Å². The van der Waals surface area contributed by atoms with Gasteiger partial charge in [-0.2, -0.15) is 0 Å². The summed E-state index contributed by atoms with van der Waals surface area (Å²) in [5.41, 5.74) is -0.858. The van der Waals surface area contributed by atoms with Crippen molar-refractivity contribution in [3.8, 4) is 0 Å². The topological polar surface area (TPSA) is 86.7 Å². The molecule has 6 heteroatoms. The SMILES string of the molecule is CC1(C(=O)O)CCN(C(=O)CNC(=O)C2CCCCC2)C1. The van der Waals surface area contributed by atoms with Gasteiger partial charge in [0.25, 0.3) is 0 Å². The van der Waals surface area contributed by atoms with Crippen LogP contribution in [-0.4, -0.2) is 47.4 Å². The van der Waals surface area contributed by atoms with Crippen molar-refractivity contribution in [2.24, 2.45) is 11.3 Å². The zero-order valence-electron chi connectivity index (χ0n) is 12.6. The van der Waals surface area contributed by atoms with Crippen molar-refractivity contribution in [3.05, 3.63) is 0 Å². The molecule has 2 aliphatic rings. The second-order valence-electron chi connectivity index (χ2n) is 6.48. The molecule has 1 aliphatic carbocycles. The minimum Gasteiger partial charge on any atom is -0.481 e. The fourth-order valence-corrected chi connectivity index (χ4v) is 3.13. The number of carbonyl (C=O) groups excluding carboxylic acids is 2. The largest absolute Gasteiger partial charge is 0.481 e. The van der Waals surface area contributed by atoms with Crippen LogP contribution in [0.4, 0.5) is 0 Å². The van der Waals surface area contributed by atoms with E-state index in [4.69, 9.17) is 5.11 Å². The summed E-state index contributed by atoms with van der Waals surface area (Å²) in [6, 6.07) is 0. The van der Waals surface area contributed by atoms with Gasteiger partial charge in [-0.15, -0.1) is 0 Å². The van der Waals surface area contributed by atoms with Crippen molar-refractivity contribution in [2.75, 3.05) is 19.6 Å². The summed E-state index contributed by atoms with van der Waals surface area (Å²) in [6.07, 6.45) is 5.61. The number of carboxylic acids is 1. The smallest absolute Gasteiger partial charge is 0.311 e. The molecule has 21 heavy (non-hydrogen) atoms. The van der Waals surface area contributed by atoms with E-state index < -0.39 is 11.4 Å². The Hall–Kier alpha value is -1.59. The van der Waals surface area contributed by atoms with Crippen LogP contribution in [0.1, 0.15) is 45.4 Å². The van der Waals surface area contributed by atoms with E-state index in [1.54, 1.807) is 6.92 Å². The Bertz CT molecular complexity index is 431. The molecule has 1 heterocycles. The predicted octanol–water partition coefficient (Wildman–Crippen LogP) is 1.01. The number of carboxylic acid groups (broad SMARTS) is 1. The lowest BCUT2D eigenvalue weighted by Gasteiger charge is -2.22. The van der Waals surface area contributed by atoms with Crippen molar-refractivity contribution in [3.63, 3.8) is 0 Å². The minimum absolute atomic E-state index is 0.0228. The number of hydrogen-bond donors (Lipinski definition) is 2. The Balaban J connectivity index is 1.77. The van der Waals surface area contributed by atoms with Crippen molar-refractivity contribution >= 4 is 17.8 Å². The van der Waals surface area contributed by atoms with Crippen molar-refractivity contribution in [1.82, 2.24) is 10.2 Å². The molecule has 0 bridgehead atoms. The Morgan fingerprint density at radius 2 is 1.90 bits per heavy atom. The van der Waals surface area contributed by atoms with E-state index in [9.17, 15) is 14.4 Å². The molecule has 0 aromatic carbocycles. The first-order chi connectivity index (χ1) is 9.92. The Morgan fingerprint density at radius 3 is 2.48 bits per heavy atom.